The fourth-order valence-electron chi connectivity index (χ4n) is 3.69. The second kappa shape index (κ2) is 7.72. The minimum absolute atomic E-state index is 0.758. The fourth-order valence-corrected chi connectivity index (χ4v) is 4.97. The predicted molar refractivity (Wildman–Crippen MR) is 111 cm³/mol. The lowest BCUT2D eigenvalue weighted by Crippen LogP contribution is -2.09. The minimum atomic E-state index is 0.758. The summed E-state index contributed by atoms with van der Waals surface area (Å²) in [6.45, 7) is 2.92. The number of thiophene rings is 1. The van der Waals surface area contributed by atoms with Crippen LogP contribution in [0.5, 0.6) is 11.5 Å². The quantitative estimate of drug-likeness (QED) is 0.655. The maximum atomic E-state index is 5.40. The van der Waals surface area contributed by atoms with Crippen LogP contribution in [0.4, 0.5) is 5.82 Å². The molecule has 142 valence electrons. The van der Waals surface area contributed by atoms with Gasteiger partial charge in [0.05, 0.1) is 19.6 Å². The summed E-state index contributed by atoms with van der Waals surface area (Å²) in [4.78, 5) is 12.2. The molecule has 2 heterocycles. The van der Waals surface area contributed by atoms with E-state index < -0.39 is 0 Å². The third kappa shape index (κ3) is 3.46. The molecule has 0 unspecified atom stereocenters. The van der Waals surface area contributed by atoms with Crippen molar-refractivity contribution in [2.75, 3.05) is 26.1 Å². The number of ether oxygens (including phenoxy) is 2. The molecule has 3 aromatic rings. The van der Waals surface area contributed by atoms with Gasteiger partial charge >= 0.3 is 0 Å². The molecule has 27 heavy (non-hydrogen) atoms. The number of aromatic nitrogens is 2. The summed E-state index contributed by atoms with van der Waals surface area (Å²) >= 11 is 1.85. The highest BCUT2D eigenvalue weighted by Gasteiger charge is 2.22. The van der Waals surface area contributed by atoms with Crippen LogP contribution in [0.3, 0.4) is 0 Å². The van der Waals surface area contributed by atoms with Crippen molar-refractivity contribution >= 4 is 27.4 Å². The summed E-state index contributed by atoms with van der Waals surface area (Å²) in [5.74, 6) is 3.43. The molecule has 0 radical (unpaired) electrons. The molecule has 0 fully saturated rings. The number of hydrogen-bond donors (Lipinski definition) is 1. The van der Waals surface area contributed by atoms with Gasteiger partial charge in [-0.25, -0.2) is 9.97 Å². The average molecular weight is 384 g/mol. The number of nitrogens with one attached hydrogen (secondary N) is 1. The monoisotopic (exact) mass is 383 g/mol. The van der Waals surface area contributed by atoms with Crippen LogP contribution < -0.4 is 14.8 Å². The van der Waals surface area contributed by atoms with Crippen LogP contribution in [0.25, 0.3) is 10.2 Å². The van der Waals surface area contributed by atoms with E-state index in [0.717, 1.165) is 53.8 Å². The molecule has 0 bridgehead atoms. The number of methoxy groups -OCH3 is 2. The second-order valence-corrected chi connectivity index (χ2v) is 7.83. The average Bonchev–Trinajstić information content (AvgIpc) is 3.28. The third-order valence-corrected chi connectivity index (χ3v) is 6.27. The van der Waals surface area contributed by atoms with Crippen molar-refractivity contribution in [3.05, 3.63) is 40.0 Å². The summed E-state index contributed by atoms with van der Waals surface area (Å²) in [5, 5.41) is 4.82. The summed E-state index contributed by atoms with van der Waals surface area (Å²) in [6, 6.07) is 6.08. The van der Waals surface area contributed by atoms with Crippen LogP contribution in [0, 0.1) is 0 Å². The van der Waals surface area contributed by atoms with Crippen molar-refractivity contribution in [1.82, 2.24) is 9.97 Å². The first-order chi connectivity index (χ1) is 13.2. The standard InChI is InChI=1S/C21H25N3O2S/c1-4-18-23-20(19-14-6-5-7-17(14)27-21(19)24-18)22-11-10-13-8-9-15(25-2)16(12-13)26-3/h8-9,12H,4-7,10-11H2,1-3H3,(H,22,23,24). The molecule has 0 aliphatic heterocycles. The second-order valence-electron chi connectivity index (χ2n) is 6.75. The Morgan fingerprint density at radius 3 is 2.74 bits per heavy atom. The molecule has 2 aromatic heterocycles. The van der Waals surface area contributed by atoms with Gasteiger partial charge in [-0.15, -0.1) is 11.3 Å². The Morgan fingerprint density at radius 2 is 1.96 bits per heavy atom. The highest BCUT2D eigenvalue weighted by molar-refractivity contribution is 7.19. The van der Waals surface area contributed by atoms with Crippen LogP contribution in [-0.2, 0) is 25.7 Å². The summed E-state index contributed by atoms with van der Waals surface area (Å²) in [5.41, 5.74) is 2.67. The first-order valence-corrected chi connectivity index (χ1v) is 10.3. The molecule has 1 aliphatic carbocycles. The molecule has 1 N–H and O–H groups in total. The fraction of sp³-hybridized carbons (Fsp3) is 0.429. The van der Waals surface area contributed by atoms with Crippen LogP contribution in [0.2, 0.25) is 0 Å². The van der Waals surface area contributed by atoms with E-state index in [9.17, 15) is 0 Å². The predicted octanol–water partition coefficient (Wildman–Crippen LogP) is 4.41. The topological polar surface area (TPSA) is 56.3 Å². The lowest BCUT2D eigenvalue weighted by Gasteiger charge is -2.11. The smallest absolute Gasteiger partial charge is 0.160 e. The number of nitrogens with zero attached hydrogens (tertiary/aromatic N) is 2. The molecule has 0 saturated heterocycles. The van der Waals surface area contributed by atoms with E-state index >= 15 is 0 Å². The number of hydrogen-bond acceptors (Lipinski definition) is 6. The Balaban J connectivity index is 1.55. The van der Waals surface area contributed by atoms with Crippen molar-refractivity contribution in [2.45, 2.75) is 39.0 Å². The lowest BCUT2D eigenvalue weighted by atomic mass is 10.1. The Kier molecular flexibility index (Phi) is 5.16. The molecular weight excluding hydrogens is 358 g/mol. The van der Waals surface area contributed by atoms with Crippen molar-refractivity contribution in [1.29, 1.82) is 0 Å². The van der Waals surface area contributed by atoms with Crippen LogP contribution in [0.15, 0.2) is 18.2 Å². The van der Waals surface area contributed by atoms with Crippen LogP contribution in [0.1, 0.15) is 35.2 Å². The highest BCUT2D eigenvalue weighted by Crippen LogP contribution is 2.39. The third-order valence-electron chi connectivity index (χ3n) is 5.08. The molecule has 1 aliphatic rings. The Bertz CT molecular complexity index is 968. The van der Waals surface area contributed by atoms with Gasteiger partial charge in [-0.1, -0.05) is 13.0 Å². The summed E-state index contributed by atoms with van der Waals surface area (Å²) in [6.07, 6.45) is 5.32. The number of fused-ring (bicyclic) bond motifs is 3. The number of anilines is 1. The number of rotatable bonds is 7. The summed E-state index contributed by atoms with van der Waals surface area (Å²) in [7, 11) is 3.32. The number of benzene rings is 1. The minimum Gasteiger partial charge on any atom is -0.493 e. The molecule has 5 nitrogen and oxygen atoms in total. The van der Waals surface area contributed by atoms with Crippen molar-refractivity contribution in [2.24, 2.45) is 0 Å². The molecule has 0 atom stereocenters. The van der Waals surface area contributed by atoms with E-state index in [-0.39, 0.29) is 0 Å². The molecule has 6 heteroatoms. The highest BCUT2D eigenvalue weighted by atomic mass is 32.1. The Morgan fingerprint density at radius 1 is 1.11 bits per heavy atom. The molecule has 0 spiro atoms. The zero-order valence-corrected chi connectivity index (χ0v) is 16.9. The van der Waals surface area contributed by atoms with Gasteiger partial charge < -0.3 is 14.8 Å². The van der Waals surface area contributed by atoms with E-state index in [4.69, 9.17) is 19.4 Å². The molecular formula is C21H25N3O2S. The number of aryl methyl sites for hydroxylation is 3. The maximum Gasteiger partial charge on any atom is 0.160 e. The van der Waals surface area contributed by atoms with E-state index in [1.54, 1.807) is 14.2 Å². The first-order valence-electron chi connectivity index (χ1n) is 9.49. The van der Waals surface area contributed by atoms with Gasteiger partial charge in [0.2, 0.25) is 0 Å². The van der Waals surface area contributed by atoms with Crippen molar-refractivity contribution < 1.29 is 9.47 Å². The van der Waals surface area contributed by atoms with Crippen molar-refractivity contribution in [3.63, 3.8) is 0 Å². The normalized spacial score (nSPS) is 13.0. The zero-order valence-electron chi connectivity index (χ0n) is 16.1. The van der Waals surface area contributed by atoms with Gasteiger partial charge in [-0.05, 0) is 48.9 Å². The van der Waals surface area contributed by atoms with E-state index in [0.29, 0.717) is 0 Å². The van der Waals surface area contributed by atoms with Gasteiger partial charge in [0.15, 0.2) is 11.5 Å². The van der Waals surface area contributed by atoms with Crippen molar-refractivity contribution in [3.8, 4) is 11.5 Å². The molecule has 0 saturated carbocycles. The largest absolute Gasteiger partial charge is 0.493 e. The van der Waals surface area contributed by atoms with Gasteiger partial charge in [0.1, 0.15) is 16.5 Å². The van der Waals surface area contributed by atoms with Gasteiger partial charge in [0, 0.05) is 17.8 Å². The van der Waals surface area contributed by atoms with E-state index in [1.807, 2.05) is 23.5 Å². The first kappa shape index (κ1) is 18.0. The molecule has 1 aromatic carbocycles. The zero-order chi connectivity index (χ0) is 18.8. The van der Waals surface area contributed by atoms with Gasteiger partial charge in [-0.2, -0.15) is 0 Å². The maximum absolute atomic E-state index is 5.40. The molecule has 4 rings (SSSR count). The lowest BCUT2D eigenvalue weighted by molar-refractivity contribution is 0.354. The van der Waals surface area contributed by atoms with Crippen LogP contribution in [-0.4, -0.2) is 30.7 Å². The van der Waals surface area contributed by atoms with E-state index in [2.05, 4.69) is 18.3 Å². The summed E-state index contributed by atoms with van der Waals surface area (Å²) < 4.78 is 10.7. The Labute approximate surface area is 163 Å². The van der Waals surface area contributed by atoms with Gasteiger partial charge in [0.25, 0.3) is 0 Å². The Hall–Kier alpha value is -2.34. The molecule has 0 amide bonds. The SMILES string of the molecule is CCc1nc(NCCc2ccc(OC)c(OC)c2)c2c3c(sc2n1)CCC3. The van der Waals surface area contributed by atoms with E-state index in [1.165, 1.54) is 34.2 Å². The van der Waals surface area contributed by atoms with Crippen LogP contribution >= 0.6 is 11.3 Å². The van der Waals surface area contributed by atoms with Gasteiger partial charge in [-0.3, -0.25) is 0 Å².